The third-order valence-corrected chi connectivity index (χ3v) is 6.15. The highest BCUT2D eigenvalue weighted by atomic mass is 32.1. The van der Waals surface area contributed by atoms with Gasteiger partial charge in [0.05, 0.1) is 10.2 Å². The summed E-state index contributed by atoms with van der Waals surface area (Å²) < 4.78 is 6.35. The van der Waals surface area contributed by atoms with Crippen molar-refractivity contribution in [3.63, 3.8) is 0 Å². The first-order chi connectivity index (χ1) is 14.7. The molecule has 0 spiro atoms. The highest BCUT2D eigenvalue weighted by molar-refractivity contribution is 7.21. The van der Waals surface area contributed by atoms with E-state index >= 15 is 0 Å². The van der Waals surface area contributed by atoms with Crippen LogP contribution >= 0.6 is 22.7 Å². The van der Waals surface area contributed by atoms with Crippen LogP contribution in [0.4, 0.5) is 5.82 Å². The zero-order chi connectivity index (χ0) is 20.3. The first-order valence-electron chi connectivity index (χ1n) is 9.21. The Morgan fingerprint density at radius 1 is 1.07 bits per heavy atom. The number of amides is 1. The zero-order valence-electron chi connectivity index (χ0n) is 15.6. The van der Waals surface area contributed by atoms with Gasteiger partial charge in [-0.15, -0.1) is 11.3 Å². The second-order valence-corrected chi connectivity index (χ2v) is 8.30. The van der Waals surface area contributed by atoms with Crippen molar-refractivity contribution in [1.29, 1.82) is 0 Å². The summed E-state index contributed by atoms with van der Waals surface area (Å²) >= 11 is 3.18. The number of carbonyl (C=O) groups is 1. The molecule has 0 atom stereocenters. The van der Waals surface area contributed by atoms with Crippen LogP contribution in [0, 0.1) is 0 Å². The van der Waals surface area contributed by atoms with Crippen molar-refractivity contribution in [3.05, 3.63) is 65.3 Å². The van der Waals surface area contributed by atoms with Gasteiger partial charge in [-0.3, -0.25) is 4.79 Å². The molecule has 5 aromatic rings. The van der Waals surface area contributed by atoms with Gasteiger partial charge in [-0.1, -0.05) is 17.3 Å². The van der Waals surface area contributed by atoms with E-state index in [0.29, 0.717) is 24.0 Å². The maximum absolute atomic E-state index is 12.2. The number of nitrogens with zero attached hydrogens (tertiary/aromatic N) is 4. The number of hydrogen-bond acceptors (Lipinski definition) is 8. The molecule has 4 aromatic heterocycles. The number of pyridine rings is 1. The Labute approximate surface area is 179 Å². The summed E-state index contributed by atoms with van der Waals surface area (Å²) in [5, 5.41) is 11.5. The maximum Gasteiger partial charge on any atom is 0.227 e. The van der Waals surface area contributed by atoms with E-state index in [1.807, 2.05) is 47.2 Å². The molecule has 0 aliphatic carbocycles. The molecule has 0 saturated heterocycles. The molecular formula is C21H15N5O2S2. The van der Waals surface area contributed by atoms with E-state index in [-0.39, 0.29) is 12.3 Å². The molecule has 1 N–H and O–H groups in total. The molecule has 0 aliphatic rings. The van der Waals surface area contributed by atoms with E-state index in [4.69, 9.17) is 4.52 Å². The lowest BCUT2D eigenvalue weighted by Crippen LogP contribution is -2.13. The predicted octanol–water partition coefficient (Wildman–Crippen LogP) is 5.04. The topological polar surface area (TPSA) is 93.8 Å². The normalized spacial score (nSPS) is 11.1. The van der Waals surface area contributed by atoms with Gasteiger partial charge in [-0.05, 0) is 35.7 Å². The summed E-state index contributed by atoms with van der Waals surface area (Å²) in [4.78, 5) is 25.5. The number of aryl methyl sites for hydroxylation is 1. The van der Waals surface area contributed by atoms with E-state index in [1.165, 1.54) is 0 Å². The summed E-state index contributed by atoms with van der Waals surface area (Å²) in [7, 11) is 0. The summed E-state index contributed by atoms with van der Waals surface area (Å²) in [6, 6.07) is 13.6. The number of fused-ring (bicyclic) bond motifs is 1. The lowest BCUT2D eigenvalue weighted by molar-refractivity contribution is -0.116. The van der Waals surface area contributed by atoms with Crippen molar-refractivity contribution in [1.82, 2.24) is 20.1 Å². The average molecular weight is 434 g/mol. The van der Waals surface area contributed by atoms with Crippen molar-refractivity contribution >= 4 is 44.6 Å². The van der Waals surface area contributed by atoms with Gasteiger partial charge < -0.3 is 9.84 Å². The third-order valence-electron chi connectivity index (χ3n) is 4.39. The second kappa shape index (κ2) is 8.13. The summed E-state index contributed by atoms with van der Waals surface area (Å²) in [5.74, 6) is 1.31. The fourth-order valence-electron chi connectivity index (χ4n) is 2.88. The lowest BCUT2D eigenvalue weighted by Gasteiger charge is -2.04. The van der Waals surface area contributed by atoms with Gasteiger partial charge in [0.15, 0.2) is 0 Å². The standard InChI is InChI=1S/C21H15N5O2S2/c27-18(7-8-19-25-20(26-28-19)14-9-10-29-12-14)24-17-6-5-13(11-22-17)21-23-15-3-1-2-4-16(15)30-21/h1-6,9-12H,7-8H2,(H,22,24,27). The monoisotopic (exact) mass is 433 g/mol. The van der Waals surface area contributed by atoms with Crippen LogP contribution in [0.25, 0.3) is 32.2 Å². The molecule has 0 saturated carbocycles. The lowest BCUT2D eigenvalue weighted by atomic mass is 10.2. The largest absolute Gasteiger partial charge is 0.339 e. The molecule has 0 unspecified atom stereocenters. The summed E-state index contributed by atoms with van der Waals surface area (Å²) in [6.45, 7) is 0. The Morgan fingerprint density at radius 2 is 2.00 bits per heavy atom. The number of thiazole rings is 1. The quantitative estimate of drug-likeness (QED) is 0.403. The Balaban J connectivity index is 1.19. The zero-order valence-corrected chi connectivity index (χ0v) is 17.2. The van der Waals surface area contributed by atoms with Crippen LogP contribution in [0.15, 0.2) is 63.9 Å². The van der Waals surface area contributed by atoms with Crippen molar-refractivity contribution < 1.29 is 9.32 Å². The van der Waals surface area contributed by atoms with Gasteiger partial charge in [0.1, 0.15) is 10.8 Å². The van der Waals surface area contributed by atoms with E-state index in [0.717, 1.165) is 26.4 Å². The number of para-hydroxylation sites is 1. The molecule has 148 valence electrons. The van der Waals surface area contributed by atoms with Gasteiger partial charge in [-0.2, -0.15) is 16.3 Å². The Hall–Kier alpha value is -3.43. The molecule has 1 aromatic carbocycles. The Kier molecular flexibility index (Phi) is 5.04. The second-order valence-electron chi connectivity index (χ2n) is 6.49. The van der Waals surface area contributed by atoms with Crippen LogP contribution in [0.3, 0.4) is 0 Å². The van der Waals surface area contributed by atoms with Gasteiger partial charge >= 0.3 is 0 Å². The number of benzene rings is 1. The minimum Gasteiger partial charge on any atom is -0.339 e. The molecule has 5 rings (SSSR count). The highest BCUT2D eigenvalue weighted by Crippen LogP contribution is 2.29. The molecule has 9 heteroatoms. The summed E-state index contributed by atoms with van der Waals surface area (Å²) in [6.07, 6.45) is 2.32. The van der Waals surface area contributed by atoms with Gasteiger partial charge in [0.2, 0.25) is 17.6 Å². The number of aromatic nitrogens is 4. The minimum atomic E-state index is -0.162. The summed E-state index contributed by atoms with van der Waals surface area (Å²) in [5.41, 5.74) is 2.80. The fraction of sp³-hybridized carbons (Fsp3) is 0.0952. The number of thiophene rings is 1. The molecule has 4 heterocycles. The van der Waals surface area contributed by atoms with Gasteiger partial charge in [0, 0.05) is 35.5 Å². The van der Waals surface area contributed by atoms with E-state index in [1.54, 1.807) is 34.9 Å². The van der Waals surface area contributed by atoms with Crippen LogP contribution in [-0.4, -0.2) is 26.0 Å². The predicted molar refractivity (Wildman–Crippen MR) is 117 cm³/mol. The number of carbonyl (C=O) groups excluding carboxylic acids is 1. The van der Waals surface area contributed by atoms with Crippen LogP contribution in [-0.2, 0) is 11.2 Å². The molecule has 7 nitrogen and oxygen atoms in total. The van der Waals surface area contributed by atoms with Gasteiger partial charge in [0.25, 0.3) is 0 Å². The molecule has 1 amide bonds. The van der Waals surface area contributed by atoms with Crippen LogP contribution in [0.2, 0.25) is 0 Å². The molecule has 30 heavy (non-hydrogen) atoms. The minimum absolute atomic E-state index is 0.162. The van der Waals surface area contributed by atoms with E-state index < -0.39 is 0 Å². The van der Waals surface area contributed by atoms with Crippen molar-refractivity contribution in [2.45, 2.75) is 12.8 Å². The molecular weight excluding hydrogens is 418 g/mol. The first kappa shape index (κ1) is 18.6. The Morgan fingerprint density at radius 3 is 2.80 bits per heavy atom. The van der Waals surface area contributed by atoms with Crippen molar-refractivity contribution in [2.75, 3.05) is 5.32 Å². The SMILES string of the molecule is O=C(CCc1nc(-c2ccsc2)no1)Nc1ccc(-c2nc3ccccc3s2)cn1. The molecule has 0 fully saturated rings. The number of anilines is 1. The highest BCUT2D eigenvalue weighted by Gasteiger charge is 2.12. The van der Waals surface area contributed by atoms with Crippen molar-refractivity contribution in [2.24, 2.45) is 0 Å². The van der Waals surface area contributed by atoms with Crippen LogP contribution in [0.1, 0.15) is 12.3 Å². The molecule has 0 aliphatic heterocycles. The fourth-order valence-corrected chi connectivity index (χ4v) is 4.47. The number of nitrogens with one attached hydrogen (secondary N) is 1. The third kappa shape index (κ3) is 3.98. The van der Waals surface area contributed by atoms with Crippen LogP contribution < -0.4 is 5.32 Å². The first-order valence-corrected chi connectivity index (χ1v) is 11.0. The Bertz CT molecular complexity index is 1260. The van der Waals surface area contributed by atoms with Gasteiger partial charge in [-0.25, -0.2) is 9.97 Å². The molecule has 0 bridgehead atoms. The van der Waals surface area contributed by atoms with E-state index in [2.05, 4.69) is 25.4 Å². The van der Waals surface area contributed by atoms with Crippen molar-refractivity contribution in [3.8, 4) is 22.0 Å². The number of hydrogen-bond donors (Lipinski definition) is 1. The number of rotatable bonds is 6. The average Bonchev–Trinajstić information content (AvgIpc) is 3.53. The smallest absolute Gasteiger partial charge is 0.227 e. The van der Waals surface area contributed by atoms with Crippen LogP contribution in [0.5, 0.6) is 0 Å². The van der Waals surface area contributed by atoms with E-state index in [9.17, 15) is 4.79 Å². The molecule has 0 radical (unpaired) electrons. The maximum atomic E-state index is 12.2.